The van der Waals surface area contributed by atoms with E-state index in [1.54, 1.807) is 50.7 Å². The first kappa shape index (κ1) is 27.1. The van der Waals surface area contributed by atoms with Gasteiger partial charge in [-0.2, -0.15) is 0 Å². The minimum Gasteiger partial charge on any atom is -0.394 e. The lowest BCUT2D eigenvalue weighted by Crippen LogP contribution is -2.56. The van der Waals surface area contributed by atoms with Gasteiger partial charge >= 0.3 is 0 Å². The fourth-order valence-electron chi connectivity index (χ4n) is 6.96. The molecule has 0 radical (unpaired) electrons. The standard InChI is InChI=1S/C31H32ClN3O4S/c1-3-21(19-36)35-26-29(39)34(23-13-11-20(32)12-14-23)18-8-16-31(26)25(28(35)38)24-27(37)33(22-9-5-4-6-10-22)17-7-15-30(24,2)40-31/h4-16,21,24-26,36H,3,17-19H2,1-2H3/t21-,24+,25-,26?,30-,31-/m0/s1. The number of anilines is 2. The average Bonchev–Trinajstić information content (AvgIpc) is 3.22. The molecule has 4 aliphatic rings. The minimum atomic E-state index is -0.975. The van der Waals surface area contributed by atoms with Crippen molar-refractivity contribution in [2.45, 2.75) is 41.8 Å². The molecule has 9 heteroatoms. The highest BCUT2D eigenvalue weighted by Gasteiger charge is 2.74. The molecule has 2 aromatic carbocycles. The van der Waals surface area contributed by atoms with E-state index in [2.05, 4.69) is 6.08 Å². The van der Waals surface area contributed by atoms with Crippen LogP contribution in [0.1, 0.15) is 20.3 Å². The predicted octanol–water partition coefficient (Wildman–Crippen LogP) is 4.30. The van der Waals surface area contributed by atoms with E-state index in [0.29, 0.717) is 30.2 Å². The number of benzene rings is 2. The number of hydrogen-bond donors (Lipinski definition) is 1. The second-order valence-electron chi connectivity index (χ2n) is 11.0. The van der Waals surface area contributed by atoms with Crippen molar-refractivity contribution < 1.29 is 19.5 Å². The predicted molar refractivity (Wildman–Crippen MR) is 158 cm³/mol. The van der Waals surface area contributed by atoms with Gasteiger partial charge in [0.05, 0.1) is 29.2 Å². The number of para-hydroxylation sites is 1. The maximum absolute atomic E-state index is 14.5. The van der Waals surface area contributed by atoms with Crippen LogP contribution in [0.4, 0.5) is 11.4 Å². The smallest absolute Gasteiger partial charge is 0.251 e. The number of halogens is 1. The highest BCUT2D eigenvalue weighted by molar-refractivity contribution is 8.02. The summed E-state index contributed by atoms with van der Waals surface area (Å²) >= 11 is 7.67. The van der Waals surface area contributed by atoms with Crippen molar-refractivity contribution in [3.63, 3.8) is 0 Å². The van der Waals surface area contributed by atoms with E-state index in [9.17, 15) is 19.5 Å². The lowest BCUT2D eigenvalue weighted by molar-refractivity contribution is -0.142. The van der Waals surface area contributed by atoms with Crippen LogP contribution in [0, 0.1) is 11.8 Å². The molecular weight excluding hydrogens is 546 g/mol. The molecule has 7 nitrogen and oxygen atoms in total. The molecule has 6 rings (SSSR count). The van der Waals surface area contributed by atoms with Crippen molar-refractivity contribution in [1.82, 2.24) is 4.90 Å². The molecule has 208 valence electrons. The van der Waals surface area contributed by atoms with Crippen molar-refractivity contribution >= 4 is 52.5 Å². The number of amides is 3. The lowest BCUT2D eigenvalue weighted by atomic mass is 9.74. The zero-order chi connectivity index (χ0) is 28.2. The Hall–Kier alpha value is -3.07. The summed E-state index contributed by atoms with van der Waals surface area (Å²) in [6.07, 6.45) is 8.47. The Morgan fingerprint density at radius 3 is 2.17 bits per heavy atom. The van der Waals surface area contributed by atoms with E-state index in [1.165, 1.54) is 0 Å². The van der Waals surface area contributed by atoms with Crippen LogP contribution in [0.3, 0.4) is 0 Å². The van der Waals surface area contributed by atoms with E-state index in [1.807, 2.05) is 62.4 Å². The number of aliphatic hydroxyl groups excluding tert-OH is 1. The van der Waals surface area contributed by atoms with Crippen LogP contribution in [0.5, 0.6) is 0 Å². The van der Waals surface area contributed by atoms with Crippen LogP contribution < -0.4 is 9.80 Å². The first-order valence-electron chi connectivity index (χ1n) is 13.7. The topological polar surface area (TPSA) is 81.2 Å². The SMILES string of the molecule is CC[C@@H](CO)N1C(=O)[C@@H]2[C@@H]3C(=O)N(c4ccccc4)CC=C[C@]3(C)S[C@@]23C=CCN(c2ccc(Cl)cc2)C(=O)C13. The third-order valence-corrected chi connectivity index (χ3v) is 10.8. The first-order chi connectivity index (χ1) is 19.3. The largest absolute Gasteiger partial charge is 0.394 e. The number of rotatable bonds is 5. The Kier molecular flexibility index (Phi) is 6.84. The van der Waals surface area contributed by atoms with Gasteiger partial charge in [-0.25, -0.2) is 0 Å². The normalized spacial score (nSPS) is 32.0. The Morgan fingerprint density at radius 1 is 0.900 bits per heavy atom. The quantitative estimate of drug-likeness (QED) is 0.536. The second-order valence-corrected chi connectivity index (χ2v) is 13.2. The van der Waals surface area contributed by atoms with Gasteiger partial charge in [0.1, 0.15) is 6.04 Å². The number of hydrogen-bond acceptors (Lipinski definition) is 5. The Labute approximate surface area is 243 Å². The highest BCUT2D eigenvalue weighted by atomic mass is 35.5. The van der Waals surface area contributed by atoms with Crippen molar-refractivity contribution in [1.29, 1.82) is 0 Å². The van der Waals surface area contributed by atoms with Crippen LogP contribution in [-0.4, -0.2) is 69.0 Å². The van der Waals surface area contributed by atoms with Crippen LogP contribution >= 0.6 is 23.4 Å². The van der Waals surface area contributed by atoms with Gasteiger partial charge in [-0.05, 0) is 49.7 Å². The van der Waals surface area contributed by atoms with Crippen molar-refractivity contribution in [3.8, 4) is 0 Å². The third kappa shape index (κ3) is 3.95. The highest BCUT2D eigenvalue weighted by Crippen LogP contribution is 2.66. The van der Waals surface area contributed by atoms with Gasteiger partial charge in [-0.1, -0.05) is 61.0 Å². The number of carbonyl (C=O) groups excluding carboxylic acids is 3. The van der Waals surface area contributed by atoms with Gasteiger partial charge in [0, 0.05) is 34.2 Å². The van der Waals surface area contributed by atoms with Crippen LogP contribution in [-0.2, 0) is 14.4 Å². The monoisotopic (exact) mass is 577 g/mol. The number of aliphatic hydroxyl groups is 1. The van der Waals surface area contributed by atoms with Crippen molar-refractivity contribution in [2.75, 3.05) is 29.5 Å². The summed E-state index contributed by atoms with van der Waals surface area (Å²) in [5.41, 5.74) is 1.45. The molecule has 4 heterocycles. The maximum atomic E-state index is 14.5. The van der Waals surface area contributed by atoms with E-state index in [-0.39, 0.29) is 24.3 Å². The van der Waals surface area contributed by atoms with E-state index >= 15 is 0 Å². The summed E-state index contributed by atoms with van der Waals surface area (Å²) in [7, 11) is 0. The molecule has 2 saturated heterocycles. The molecule has 2 aromatic rings. The molecule has 6 atom stereocenters. The number of carbonyl (C=O) groups is 3. The summed E-state index contributed by atoms with van der Waals surface area (Å²) in [5.74, 6) is -2.05. The fraction of sp³-hybridized carbons (Fsp3) is 0.387. The third-order valence-electron chi connectivity index (χ3n) is 8.78. The van der Waals surface area contributed by atoms with Crippen LogP contribution in [0.25, 0.3) is 0 Å². The number of likely N-dealkylation sites (tertiary alicyclic amines) is 1. The van der Waals surface area contributed by atoms with Gasteiger partial charge in [-0.3, -0.25) is 14.4 Å². The molecule has 1 spiro atoms. The Morgan fingerprint density at radius 2 is 1.52 bits per heavy atom. The van der Waals surface area contributed by atoms with Crippen molar-refractivity contribution in [2.24, 2.45) is 11.8 Å². The van der Waals surface area contributed by atoms with E-state index in [4.69, 9.17) is 11.6 Å². The Balaban J connectivity index is 1.50. The maximum Gasteiger partial charge on any atom is 0.251 e. The summed E-state index contributed by atoms with van der Waals surface area (Å²) in [6.45, 7) is 4.37. The second kappa shape index (κ2) is 10.1. The first-order valence-corrected chi connectivity index (χ1v) is 14.9. The van der Waals surface area contributed by atoms with Crippen LogP contribution in [0.15, 0.2) is 78.9 Å². The molecule has 4 aliphatic heterocycles. The van der Waals surface area contributed by atoms with E-state index < -0.39 is 33.4 Å². The molecule has 2 fully saturated rings. The molecule has 0 bridgehead atoms. The summed E-state index contributed by atoms with van der Waals surface area (Å²) in [4.78, 5) is 48.5. The van der Waals surface area contributed by atoms with Gasteiger partial charge in [-0.15, -0.1) is 11.8 Å². The number of nitrogens with zero attached hydrogens (tertiary/aromatic N) is 3. The van der Waals surface area contributed by atoms with Gasteiger partial charge < -0.3 is 19.8 Å². The number of fused-ring (bicyclic) bond motifs is 2. The number of thioether (sulfide) groups is 1. The molecule has 1 N–H and O–H groups in total. The fourth-order valence-corrected chi connectivity index (χ4v) is 9.23. The van der Waals surface area contributed by atoms with Crippen LogP contribution in [0.2, 0.25) is 5.02 Å². The summed E-state index contributed by atoms with van der Waals surface area (Å²) < 4.78 is -1.68. The van der Waals surface area contributed by atoms with E-state index in [0.717, 1.165) is 5.69 Å². The van der Waals surface area contributed by atoms with Gasteiger partial charge in [0.2, 0.25) is 11.8 Å². The lowest BCUT2D eigenvalue weighted by Gasteiger charge is -2.39. The molecule has 0 saturated carbocycles. The van der Waals surface area contributed by atoms with Gasteiger partial charge in [0.15, 0.2) is 0 Å². The Bertz CT molecular complexity index is 1400. The molecule has 40 heavy (non-hydrogen) atoms. The zero-order valence-corrected chi connectivity index (χ0v) is 24.0. The summed E-state index contributed by atoms with van der Waals surface area (Å²) in [5, 5.41) is 10.9. The molecule has 0 aromatic heterocycles. The molecule has 1 unspecified atom stereocenters. The average molecular weight is 578 g/mol. The molecular formula is C31H32ClN3O4S. The van der Waals surface area contributed by atoms with Crippen molar-refractivity contribution in [3.05, 3.63) is 83.9 Å². The summed E-state index contributed by atoms with van der Waals surface area (Å²) in [6, 6.07) is 15.1. The van der Waals surface area contributed by atoms with Gasteiger partial charge in [0.25, 0.3) is 5.91 Å². The molecule has 3 amide bonds. The minimum absolute atomic E-state index is 0.126. The zero-order valence-electron chi connectivity index (χ0n) is 22.4. The molecule has 0 aliphatic carbocycles.